The highest BCUT2D eigenvalue weighted by molar-refractivity contribution is 5.84. The Balaban J connectivity index is 1.80. The van der Waals surface area contributed by atoms with Crippen molar-refractivity contribution >= 4 is 16.9 Å². The number of hydrogen-bond donors (Lipinski definition) is 1. The Morgan fingerprint density at radius 3 is 2.38 bits per heavy atom. The van der Waals surface area contributed by atoms with Crippen LogP contribution in [0.25, 0.3) is 11.0 Å². The van der Waals surface area contributed by atoms with Crippen LogP contribution < -0.4 is 5.32 Å². The van der Waals surface area contributed by atoms with Crippen LogP contribution in [0.15, 0.2) is 30.3 Å². The van der Waals surface area contributed by atoms with E-state index in [1.807, 2.05) is 55.8 Å². The van der Waals surface area contributed by atoms with Crippen molar-refractivity contribution in [1.29, 1.82) is 0 Å². The van der Waals surface area contributed by atoms with E-state index in [0.29, 0.717) is 12.8 Å². The van der Waals surface area contributed by atoms with Crippen LogP contribution in [0.2, 0.25) is 0 Å². The molecule has 0 spiro atoms. The van der Waals surface area contributed by atoms with E-state index >= 15 is 0 Å². The van der Waals surface area contributed by atoms with Crippen LogP contribution in [0.5, 0.6) is 0 Å². The van der Waals surface area contributed by atoms with Gasteiger partial charge in [0.05, 0.1) is 17.3 Å². The Morgan fingerprint density at radius 1 is 1.10 bits per heavy atom. The predicted molar refractivity (Wildman–Crippen MR) is 118 cm³/mol. The molecule has 2 aromatic heterocycles. The number of hydrogen-bond acceptors (Lipinski definition) is 3. The van der Waals surface area contributed by atoms with Crippen LogP contribution in [0.3, 0.4) is 0 Å². The number of nitrogens with one attached hydrogen (secondary N) is 1. The molecule has 1 atom stereocenters. The lowest BCUT2D eigenvalue weighted by atomic mass is 9.98. The second kappa shape index (κ2) is 7.97. The largest absolute Gasteiger partial charge is 0.350 e. The number of pyridine rings is 1. The summed E-state index contributed by atoms with van der Waals surface area (Å²) in [5.74, 6) is 0.0577. The van der Waals surface area contributed by atoms with Crippen LogP contribution >= 0.6 is 0 Å². The molecule has 0 unspecified atom stereocenters. The molecule has 154 valence electrons. The van der Waals surface area contributed by atoms with Crippen molar-refractivity contribution in [3.05, 3.63) is 58.4 Å². The summed E-state index contributed by atoms with van der Waals surface area (Å²) in [7, 11) is 0. The number of amides is 1. The van der Waals surface area contributed by atoms with E-state index in [2.05, 4.69) is 33.0 Å². The number of carbonyl (C=O) groups is 1. The van der Waals surface area contributed by atoms with Gasteiger partial charge in [0.25, 0.3) is 0 Å². The highest BCUT2D eigenvalue weighted by Crippen LogP contribution is 2.29. The van der Waals surface area contributed by atoms with Crippen molar-refractivity contribution in [3.8, 4) is 0 Å². The third kappa shape index (κ3) is 4.34. The summed E-state index contributed by atoms with van der Waals surface area (Å²) in [5, 5.41) is 8.96. The molecule has 0 saturated carbocycles. The maximum atomic E-state index is 12.5. The van der Waals surface area contributed by atoms with Gasteiger partial charge in [-0.05, 0) is 71.6 Å². The lowest BCUT2D eigenvalue weighted by Gasteiger charge is -2.20. The first-order valence-electron chi connectivity index (χ1n) is 10.3. The van der Waals surface area contributed by atoms with E-state index in [-0.39, 0.29) is 17.5 Å². The summed E-state index contributed by atoms with van der Waals surface area (Å²) in [6.07, 6.45) is 1.12. The zero-order valence-electron chi connectivity index (χ0n) is 18.6. The van der Waals surface area contributed by atoms with E-state index in [0.717, 1.165) is 33.5 Å². The van der Waals surface area contributed by atoms with Crippen molar-refractivity contribution < 1.29 is 4.79 Å². The van der Waals surface area contributed by atoms with Crippen molar-refractivity contribution in [2.75, 3.05) is 0 Å². The third-order valence-corrected chi connectivity index (χ3v) is 5.49. The highest BCUT2D eigenvalue weighted by atomic mass is 16.1. The van der Waals surface area contributed by atoms with Crippen molar-refractivity contribution in [2.24, 2.45) is 0 Å². The highest BCUT2D eigenvalue weighted by Gasteiger charge is 2.23. The lowest BCUT2D eigenvalue weighted by molar-refractivity contribution is -0.121. The molecule has 1 aromatic carbocycles. The van der Waals surface area contributed by atoms with Crippen molar-refractivity contribution in [3.63, 3.8) is 0 Å². The van der Waals surface area contributed by atoms with Crippen LogP contribution in [0, 0.1) is 20.8 Å². The topological polar surface area (TPSA) is 59.8 Å². The number of nitrogens with zero attached hydrogens (tertiary/aromatic N) is 3. The average molecular weight is 393 g/mol. The zero-order chi connectivity index (χ0) is 21.3. The Labute approximate surface area is 173 Å². The second-order valence-corrected chi connectivity index (χ2v) is 8.87. The van der Waals surface area contributed by atoms with E-state index in [1.165, 1.54) is 5.56 Å². The fourth-order valence-electron chi connectivity index (χ4n) is 3.92. The number of aryl methyl sites for hydroxylation is 3. The standard InChI is InChI=1S/C24H32N4O/c1-15-20(13-14-21(29)25-16(2)19-11-9-8-10-12-19)17(3)26-23-22(15)18(4)27-28(23)24(5,6)7/h8-12,16H,13-14H2,1-7H3,(H,25,29)/t16-/m0/s1. The molecule has 0 aliphatic carbocycles. The van der Waals surface area contributed by atoms with E-state index in [1.54, 1.807) is 0 Å². The van der Waals surface area contributed by atoms with Gasteiger partial charge in [0.15, 0.2) is 5.65 Å². The van der Waals surface area contributed by atoms with E-state index in [9.17, 15) is 4.79 Å². The molecule has 5 heteroatoms. The van der Waals surface area contributed by atoms with Crippen LogP contribution in [0.4, 0.5) is 0 Å². The molecule has 0 fully saturated rings. The van der Waals surface area contributed by atoms with Gasteiger partial charge in [-0.25, -0.2) is 9.67 Å². The van der Waals surface area contributed by atoms with E-state index in [4.69, 9.17) is 10.1 Å². The summed E-state index contributed by atoms with van der Waals surface area (Å²) in [6, 6.07) is 10.0. The molecule has 0 saturated heterocycles. The van der Waals surface area contributed by atoms with Crippen molar-refractivity contribution in [2.45, 2.75) is 72.9 Å². The summed E-state index contributed by atoms with van der Waals surface area (Å²) in [6.45, 7) is 14.6. The molecule has 0 bridgehead atoms. The van der Waals surface area contributed by atoms with E-state index < -0.39 is 0 Å². The van der Waals surface area contributed by atoms with Crippen LogP contribution in [0.1, 0.15) is 68.2 Å². The van der Waals surface area contributed by atoms with Gasteiger partial charge in [0.2, 0.25) is 5.91 Å². The SMILES string of the molecule is Cc1nc2c(c(C)nn2C(C)(C)C)c(C)c1CCC(=O)N[C@@H](C)c1ccccc1. The average Bonchev–Trinajstić information content (AvgIpc) is 2.99. The summed E-state index contributed by atoms with van der Waals surface area (Å²) < 4.78 is 2.01. The number of benzene rings is 1. The summed E-state index contributed by atoms with van der Waals surface area (Å²) in [4.78, 5) is 17.4. The van der Waals surface area contributed by atoms with Crippen molar-refractivity contribution in [1.82, 2.24) is 20.1 Å². The van der Waals surface area contributed by atoms with Gasteiger partial charge in [-0.15, -0.1) is 0 Å². The minimum atomic E-state index is -0.132. The molecule has 3 rings (SSSR count). The molecule has 5 nitrogen and oxygen atoms in total. The number of fused-ring (bicyclic) bond motifs is 1. The van der Waals surface area contributed by atoms with Gasteiger partial charge < -0.3 is 5.32 Å². The molecule has 3 aromatic rings. The Kier molecular flexibility index (Phi) is 5.78. The first-order chi connectivity index (χ1) is 13.6. The molecule has 0 radical (unpaired) electrons. The normalized spacial score (nSPS) is 12.9. The maximum absolute atomic E-state index is 12.5. The lowest BCUT2D eigenvalue weighted by Crippen LogP contribution is -2.27. The molecule has 1 amide bonds. The van der Waals surface area contributed by atoms with Gasteiger partial charge in [0, 0.05) is 17.5 Å². The molecule has 0 aliphatic heterocycles. The molecule has 29 heavy (non-hydrogen) atoms. The number of carbonyl (C=O) groups excluding carboxylic acids is 1. The maximum Gasteiger partial charge on any atom is 0.220 e. The Hall–Kier alpha value is -2.69. The van der Waals surface area contributed by atoms with Gasteiger partial charge in [0.1, 0.15) is 0 Å². The zero-order valence-corrected chi connectivity index (χ0v) is 18.6. The number of aromatic nitrogens is 3. The molecular formula is C24H32N4O. The monoisotopic (exact) mass is 392 g/mol. The first kappa shape index (κ1) is 21.0. The van der Waals surface area contributed by atoms with Gasteiger partial charge >= 0.3 is 0 Å². The third-order valence-electron chi connectivity index (χ3n) is 5.49. The fourth-order valence-corrected chi connectivity index (χ4v) is 3.92. The molecule has 1 N–H and O–H groups in total. The first-order valence-corrected chi connectivity index (χ1v) is 10.3. The Bertz CT molecular complexity index is 1030. The fraction of sp³-hybridized carbons (Fsp3) is 0.458. The van der Waals surface area contributed by atoms with Crippen LogP contribution in [-0.4, -0.2) is 20.7 Å². The van der Waals surface area contributed by atoms with Gasteiger partial charge in [-0.1, -0.05) is 30.3 Å². The minimum Gasteiger partial charge on any atom is -0.350 e. The summed E-state index contributed by atoms with van der Waals surface area (Å²) in [5.41, 5.74) is 6.21. The molecular weight excluding hydrogens is 360 g/mol. The second-order valence-electron chi connectivity index (χ2n) is 8.87. The molecule has 2 heterocycles. The smallest absolute Gasteiger partial charge is 0.220 e. The quantitative estimate of drug-likeness (QED) is 0.670. The molecule has 0 aliphatic rings. The van der Waals surface area contributed by atoms with Gasteiger partial charge in [-0.2, -0.15) is 5.10 Å². The van der Waals surface area contributed by atoms with Crippen LogP contribution in [-0.2, 0) is 16.8 Å². The predicted octanol–water partition coefficient (Wildman–Crippen LogP) is 4.92. The number of rotatable bonds is 5. The Morgan fingerprint density at radius 2 is 1.76 bits per heavy atom. The summed E-state index contributed by atoms with van der Waals surface area (Å²) >= 11 is 0. The van der Waals surface area contributed by atoms with Gasteiger partial charge in [-0.3, -0.25) is 4.79 Å². The minimum absolute atomic E-state index is 0.00115.